The molecule has 0 saturated heterocycles. The molecule has 107 valence electrons. The Bertz CT molecular complexity index is 382. The largest absolute Gasteiger partial charge is 0.370 e. The molecule has 2 N–H and O–H groups in total. The molecule has 0 aromatic heterocycles. The molecule has 1 aromatic rings. The van der Waals surface area contributed by atoms with Gasteiger partial charge in [0.25, 0.3) is 0 Å². The molecule has 5 nitrogen and oxygen atoms in total. The zero-order valence-corrected chi connectivity index (χ0v) is 12.7. The quantitative estimate of drug-likeness (QED) is 0.812. The van der Waals surface area contributed by atoms with Gasteiger partial charge in [0, 0.05) is 28.9 Å². The van der Waals surface area contributed by atoms with Gasteiger partial charge in [0.15, 0.2) is 0 Å². The van der Waals surface area contributed by atoms with Gasteiger partial charge in [-0.2, -0.15) is 0 Å². The number of primary amides is 1. The first-order valence-electron chi connectivity index (χ1n) is 5.37. The van der Waals surface area contributed by atoms with Crippen LogP contribution in [0, 0.1) is 0 Å². The summed E-state index contributed by atoms with van der Waals surface area (Å²) < 4.78 is 21.7. The maximum absolute atomic E-state index is 10.3. The van der Waals surface area contributed by atoms with Gasteiger partial charge in [0.2, 0.25) is 15.9 Å². The summed E-state index contributed by atoms with van der Waals surface area (Å²) in [6, 6.07) is 12.0. The topological polar surface area (TPSA) is 80.5 Å². The number of rotatable bonds is 2. The third-order valence-corrected chi connectivity index (χ3v) is 3.01. The number of hydrogen-bond acceptors (Lipinski definition) is 3. The van der Waals surface area contributed by atoms with Crippen LogP contribution in [0.2, 0.25) is 0 Å². The van der Waals surface area contributed by atoms with Crippen molar-refractivity contribution in [3.05, 3.63) is 36.4 Å². The van der Waals surface area contributed by atoms with Crippen LogP contribution in [0.15, 0.2) is 36.4 Å². The van der Waals surface area contributed by atoms with Gasteiger partial charge >= 0.3 is 0 Å². The Morgan fingerprint density at radius 2 is 1.21 bits per heavy atom. The van der Waals surface area contributed by atoms with Gasteiger partial charge in [0.1, 0.15) is 0 Å². The van der Waals surface area contributed by atoms with Crippen molar-refractivity contribution >= 4 is 24.3 Å². The summed E-state index contributed by atoms with van der Waals surface area (Å²) >= 11 is 0. The van der Waals surface area contributed by atoms with Gasteiger partial charge in [-0.25, -0.2) is 12.7 Å². The number of carbonyl (C=O) groups excluding carboxylic acids is 1. The molecule has 1 rings (SSSR count). The summed E-state index contributed by atoms with van der Waals surface area (Å²) in [6.45, 7) is 1.72. The predicted octanol–water partition coefficient (Wildman–Crippen LogP) is 0.695. The highest BCUT2D eigenvalue weighted by molar-refractivity contribution is 7.88. The van der Waals surface area contributed by atoms with Crippen LogP contribution in [0.3, 0.4) is 0 Å². The van der Waals surface area contributed by atoms with E-state index in [1.807, 2.05) is 36.4 Å². The molecule has 0 saturated carbocycles. The summed E-state index contributed by atoms with van der Waals surface area (Å²) in [5.74, 6) is -0.245. The number of carbonyl (C=O) groups is 1. The van der Waals surface area contributed by atoms with Crippen molar-refractivity contribution in [2.75, 3.05) is 20.4 Å². The Morgan fingerprint density at radius 1 is 1.05 bits per heavy atom. The highest BCUT2D eigenvalue weighted by atomic mass is 32.2. The van der Waals surface area contributed by atoms with Gasteiger partial charge in [-0.15, -0.1) is 0 Å². The van der Waals surface area contributed by atoms with Crippen LogP contribution in [-0.2, 0) is 14.8 Å². The van der Waals surface area contributed by atoms with E-state index in [4.69, 9.17) is 0 Å². The van der Waals surface area contributed by atoms with E-state index in [-0.39, 0.29) is 14.3 Å². The van der Waals surface area contributed by atoms with Crippen LogP contribution in [0.1, 0.15) is 13.3 Å². The van der Waals surface area contributed by atoms with Crippen LogP contribution < -0.4 is 5.73 Å². The van der Waals surface area contributed by atoms with Crippen LogP contribution in [0.5, 0.6) is 0 Å². The monoisotopic (exact) mass is 285 g/mol. The standard InChI is InChI=1S/C6H6.C3H9NO2S.C3H7NO.B/c1-2-4-6-5-3-1;1-4(2)7(3,5)6;1-2-3(4)5;/h1-6H;1-3H3;2H2,1H3,(H2,4,5);. The molecule has 0 bridgehead atoms. The highest BCUT2D eigenvalue weighted by Crippen LogP contribution is 1.83. The Labute approximate surface area is 118 Å². The fraction of sp³-hybridized carbons (Fsp3) is 0.417. The molecule has 0 aliphatic carbocycles. The first kappa shape index (κ1) is 22.8. The van der Waals surface area contributed by atoms with Crippen molar-refractivity contribution in [1.82, 2.24) is 4.31 Å². The summed E-state index contributed by atoms with van der Waals surface area (Å²) in [5, 5.41) is 0. The lowest BCUT2D eigenvalue weighted by Gasteiger charge is -2.02. The van der Waals surface area contributed by atoms with Crippen molar-refractivity contribution in [2.24, 2.45) is 5.73 Å². The minimum absolute atomic E-state index is 0. The van der Waals surface area contributed by atoms with Crippen LogP contribution >= 0.6 is 0 Å². The van der Waals surface area contributed by atoms with E-state index in [0.717, 1.165) is 10.6 Å². The fourth-order valence-corrected chi connectivity index (χ4v) is 0.385. The smallest absolute Gasteiger partial charge is 0.217 e. The predicted molar refractivity (Wildman–Crippen MR) is 80.2 cm³/mol. The van der Waals surface area contributed by atoms with E-state index < -0.39 is 10.0 Å². The number of amides is 1. The minimum Gasteiger partial charge on any atom is -0.370 e. The fourth-order valence-electron chi connectivity index (χ4n) is 0.385. The average Bonchev–Trinajstić information content (AvgIpc) is 2.31. The lowest BCUT2D eigenvalue weighted by atomic mass is 10.4. The minimum atomic E-state index is -2.91. The van der Waals surface area contributed by atoms with Crippen molar-refractivity contribution in [3.8, 4) is 0 Å². The molecular weight excluding hydrogens is 263 g/mol. The molecule has 0 spiro atoms. The third-order valence-electron chi connectivity index (χ3n) is 1.68. The first-order valence-corrected chi connectivity index (χ1v) is 7.22. The van der Waals surface area contributed by atoms with Crippen molar-refractivity contribution in [1.29, 1.82) is 0 Å². The second-order valence-corrected chi connectivity index (χ2v) is 5.72. The third kappa shape index (κ3) is 22.3. The van der Waals surface area contributed by atoms with Crippen molar-refractivity contribution in [2.45, 2.75) is 13.3 Å². The van der Waals surface area contributed by atoms with Crippen molar-refractivity contribution in [3.63, 3.8) is 0 Å². The van der Waals surface area contributed by atoms with E-state index in [2.05, 4.69) is 5.73 Å². The SMILES string of the molecule is CCC(N)=O.CN(C)S(C)(=O)=O.[B].c1ccccc1. The lowest BCUT2D eigenvalue weighted by molar-refractivity contribution is -0.117. The Balaban J connectivity index is -0.000000200. The Morgan fingerprint density at radius 3 is 1.26 bits per heavy atom. The highest BCUT2D eigenvalue weighted by Gasteiger charge is 2.00. The maximum Gasteiger partial charge on any atom is 0.217 e. The van der Waals surface area contributed by atoms with Crippen molar-refractivity contribution < 1.29 is 13.2 Å². The van der Waals surface area contributed by atoms with Crippen LogP contribution in [0.4, 0.5) is 0 Å². The van der Waals surface area contributed by atoms with Crippen LogP contribution in [-0.4, -0.2) is 47.4 Å². The van der Waals surface area contributed by atoms with Gasteiger partial charge in [-0.05, 0) is 0 Å². The molecule has 19 heavy (non-hydrogen) atoms. The zero-order valence-electron chi connectivity index (χ0n) is 11.9. The van der Waals surface area contributed by atoms with Crippen LogP contribution in [0.25, 0.3) is 0 Å². The molecule has 1 amide bonds. The number of sulfonamides is 1. The zero-order chi connectivity index (χ0) is 14.6. The van der Waals surface area contributed by atoms with Gasteiger partial charge in [0.05, 0.1) is 6.26 Å². The normalized spacial score (nSPS) is 9.11. The van der Waals surface area contributed by atoms with E-state index in [1.165, 1.54) is 14.1 Å². The molecule has 0 unspecified atom stereocenters. The molecule has 0 aliphatic heterocycles. The molecule has 0 aliphatic rings. The number of nitrogens with two attached hydrogens (primary N) is 1. The second kappa shape index (κ2) is 13.1. The summed E-state index contributed by atoms with van der Waals surface area (Å²) in [4.78, 5) is 9.59. The maximum atomic E-state index is 10.3. The molecular formula is C12H22BN2O3S. The second-order valence-electron chi connectivity index (χ2n) is 3.52. The average molecular weight is 285 g/mol. The molecule has 7 heteroatoms. The van der Waals surface area contributed by atoms with Gasteiger partial charge in [-0.3, -0.25) is 4.79 Å². The summed E-state index contributed by atoms with van der Waals surface area (Å²) in [7, 11) is 0.0833. The first-order chi connectivity index (χ1) is 8.21. The summed E-state index contributed by atoms with van der Waals surface area (Å²) in [6.07, 6.45) is 1.60. The van der Waals surface area contributed by atoms with E-state index in [1.54, 1.807) is 6.92 Å². The number of nitrogens with zero attached hydrogens (tertiary/aromatic N) is 1. The van der Waals surface area contributed by atoms with E-state index in [0.29, 0.717) is 6.42 Å². The van der Waals surface area contributed by atoms with E-state index in [9.17, 15) is 13.2 Å². The summed E-state index contributed by atoms with van der Waals surface area (Å²) in [5.41, 5.74) is 4.65. The molecule has 1 aromatic carbocycles. The van der Waals surface area contributed by atoms with Gasteiger partial charge in [-0.1, -0.05) is 43.3 Å². The lowest BCUT2D eigenvalue weighted by Crippen LogP contribution is -2.19. The molecule has 0 atom stereocenters. The number of hydrogen-bond donors (Lipinski definition) is 1. The van der Waals surface area contributed by atoms with E-state index >= 15 is 0 Å². The number of benzene rings is 1. The van der Waals surface area contributed by atoms with Gasteiger partial charge < -0.3 is 5.73 Å². The Kier molecular flexibility index (Phi) is 15.7. The molecule has 0 heterocycles. The Hall–Kier alpha value is -1.34. The molecule has 3 radical (unpaired) electrons. The molecule has 0 fully saturated rings.